The first-order chi connectivity index (χ1) is 11.1. The molecule has 0 heterocycles. The van der Waals surface area contributed by atoms with E-state index < -0.39 is 35.4 Å². The molecule has 0 saturated carbocycles. The highest BCUT2D eigenvalue weighted by atomic mass is 19.4. The maximum absolute atomic E-state index is 12.7. The Morgan fingerprint density at radius 2 is 1.33 bits per heavy atom. The molecule has 128 valence electrons. The maximum atomic E-state index is 12.7. The van der Waals surface area contributed by atoms with Crippen molar-refractivity contribution in [2.45, 2.75) is 12.4 Å². The van der Waals surface area contributed by atoms with Crippen LogP contribution in [-0.2, 0) is 12.4 Å². The number of benzene rings is 2. The Morgan fingerprint density at radius 3 is 1.88 bits per heavy atom. The topological polar surface area (TPSA) is 35.5 Å². The number of halogens is 6. The van der Waals surface area contributed by atoms with Crippen molar-refractivity contribution >= 4 is 6.16 Å². The minimum Gasteiger partial charge on any atom is -0.395 e. The quantitative estimate of drug-likeness (QED) is 0.419. The second-order valence-corrected chi connectivity index (χ2v) is 4.47. The standard InChI is InChI=1S/C15H8F6O3/c16-14(17,18)9-5-7-10(8-6-9)23-13(22)24-12-4-2-1-3-11(12)15(19,20)21/h1-8H. The summed E-state index contributed by atoms with van der Waals surface area (Å²) in [5, 5.41) is 0. The highest BCUT2D eigenvalue weighted by Gasteiger charge is 2.35. The molecule has 0 aliphatic carbocycles. The van der Waals surface area contributed by atoms with Gasteiger partial charge < -0.3 is 9.47 Å². The van der Waals surface area contributed by atoms with Crippen molar-refractivity contribution in [1.82, 2.24) is 0 Å². The van der Waals surface area contributed by atoms with Gasteiger partial charge in [0, 0.05) is 0 Å². The maximum Gasteiger partial charge on any atom is 0.519 e. The van der Waals surface area contributed by atoms with Gasteiger partial charge in [-0.25, -0.2) is 4.79 Å². The number of alkyl halides is 6. The van der Waals surface area contributed by atoms with Gasteiger partial charge in [-0.05, 0) is 36.4 Å². The van der Waals surface area contributed by atoms with E-state index in [0.717, 1.165) is 24.3 Å². The van der Waals surface area contributed by atoms with E-state index in [0.29, 0.717) is 18.2 Å². The van der Waals surface area contributed by atoms with E-state index in [-0.39, 0.29) is 5.75 Å². The lowest BCUT2D eigenvalue weighted by molar-refractivity contribution is -0.139. The molecule has 0 radical (unpaired) electrons. The van der Waals surface area contributed by atoms with Crippen LogP contribution < -0.4 is 9.47 Å². The lowest BCUT2D eigenvalue weighted by Crippen LogP contribution is -2.17. The van der Waals surface area contributed by atoms with Gasteiger partial charge in [0.1, 0.15) is 11.5 Å². The van der Waals surface area contributed by atoms with Crippen LogP contribution in [0.2, 0.25) is 0 Å². The SMILES string of the molecule is O=C(Oc1ccc(C(F)(F)F)cc1)Oc1ccccc1C(F)(F)F. The van der Waals surface area contributed by atoms with Crippen LogP contribution in [0.15, 0.2) is 48.5 Å². The zero-order chi connectivity index (χ0) is 18.0. The summed E-state index contributed by atoms with van der Waals surface area (Å²) < 4.78 is 84.4. The molecule has 0 unspecified atom stereocenters. The monoisotopic (exact) mass is 350 g/mol. The Morgan fingerprint density at radius 1 is 0.750 bits per heavy atom. The molecule has 24 heavy (non-hydrogen) atoms. The molecule has 0 fully saturated rings. The third-order valence-corrected chi connectivity index (χ3v) is 2.77. The van der Waals surface area contributed by atoms with Crippen molar-refractivity contribution in [1.29, 1.82) is 0 Å². The van der Waals surface area contributed by atoms with Gasteiger partial charge in [-0.15, -0.1) is 0 Å². The number of hydrogen-bond acceptors (Lipinski definition) is 3. The molecule has 0 aromatic heterocycles. The molecule has 0 aliphatic rings. The fraction of sp³-hybridized carbons (Fsp3) is 0.133. The lowest BCUT2D eigenvalue weighted by atomic mass is 10.2. The van der Waals surface area contributed by atoms with Crippen LogP contribution in [0.4, 0.5) is 31.1 Å². The van der Waals surface area contributed by atoms with E-state index in [4.69, 9.17) is 0 Å². The Kier molecular flexibility index (Phi) is 4.72. The van der Waals surface area contributed by atoms with Crippen LogP contribution in [0, 0.1) is 0 Å². The van der Waals surface area contributed by atoms with Crippen molar-refractivity contribution < 1.29 is 40.6 Å². The Balaban J connectivity index is 2.10. The van der Waals surface area contributed by atoms with Gasteiger partial charge in [0.25, 0.3) is 0 Å². The highest BCUT2D eigenvalue weighted by Crippen LogP contribution is 2.36. The summed E-state index contributed by atoms with van der Waals surface area (Å²) in [6.07, 6.45) is -10.8. The van der Waals surface area contributed by atoms with E-state index in [1.165, 1.54) is 6.07 Å². The predicted molar refractivity (Wildman–Crippen MR) is 69.5 cm³/mol. The first kappa shape index (κ1) is 17.6. The van der Waals surface area contributed by atoms with Crippen molar-refractivity contribution in [3.8, 4) is 11.5 Å². The van der Waals surface area contributed by atoms with Crippen molar-refractivity contribution in [2.24, 2.45) is 0 Å². The van der Waals surface area contributed by atoms with E-state index in [9.17, 15) is 31.1 Å². The molecular formula is C15H8F6O3. The van der Waals surface area contributed by atoms with E-state index >= 15 is 0 Å². The average molecular weight is 350 g/mol. The summed E-state index contributed by atoms with van der Waals surface area (Å²) in [4.78, 5) is 11.5. The second kappa shape index (κ2) is 6.42. The molecule has 0 spiro atoms. The molecule has 0 bridgehead atoms. The predicted octanol–water partition coefficient (Wildman–Crippen LogP) is 5.30. The average Bonchev–Trinajstić information content (AvgIpc) is 2.46. The highest BCUT2D eigenvalue weighted by molar-refractivity contribution is 5.67. The van der Waals surface area contributed by atoms with Crippen molar-refractivity contribution in [3.63, 3.8) is 0 Å². The van der Waals surface area contributed by atoms with Gasteiger partial charge in [0.05, 0.1) is 11.1 Å². The van der Waals surface area contributed by atoms with Crippen LogP contribution in [0.5, 0.6) is 11.5 Å². The fourth-order valence-corrected chi connectivity index (χ4v) is 1.71. The molecule has 0 amide bonds. The first-order valence-corrected chi connectivity index (χ1v) is 6.30. The summed E-state index contributed by atoms with van der Waals surface area (Å²) >= 11 is 0. The number of ether oxygens (including phenoxy) is 2. The summed E-state index contributed by atoms with van der Waals surface area (Å²) in [6, 6.07) is 6.96. The molecular weight excluding hydrogens is 342 g/mol. The first-order valence-electron chi connectivity index (χ1n) is 6.30. The van der Waals surface area contributed by atoms with Crippen LogP contribution in [0.25, 0.3) is 0 Å². The number of carbonyl (C=O) groups excluding carboxylic acids is 1. The zero-order valence-corrected chi connectivity index (χ0v) is 11.6. The van der Waals surface area contributed by atoms with E-state index in [1.807, 2.05) is 0 Å². The molecule has 0 atom stereocenters. The minimum atomic E-state index is -4.74. The van der Waals surface area contributed by atoms with E-state index in [2.05, 4.69) is 9.47 Å². The van der Waals surface area contributed by atoms with E-state index in [1.54, 1.807) is 0 Å². The third-order valence-electron chi connectivity index (χ3n) is 2.77. The van der Waals surface area contributed by atoms with Crippen LogP contribution in [0.3, 0.4) is 0 Å². The second-order valence-electron chi connectivity index (χ2n) is 4.47. The molecule has 2 rings (SSSR count). The zero-order valence-electron chi connectivity index (χ0n) is 11.6. The molecule has 9 heteroatoms. The van der Waals surface area contributed by atoms with Crippen molar-refractivity contribution in [3.05, 3.63) is 59.7 Å². The summed E-state index contributed by atoms with van der Waals surface area (Å²) in [6.45, 7) is 0. The number of carbonyl (C=O) groups is 1. The number of rotatable bonds is 2. The molecule has 0 aliphatic heterocycles. The van der Waals surface area contributed by atoms with Gasteiger partial charge in [-0.3, -0.25) is 0 Å². The molecule has 3 nitrogen and oxygen atoms in total. The van der Waals surface area contributed by atoms with Gasteiger partial charge in [-0.1, -0.05) is 12.1 Å². The van der Waals surface area contributed by atoms with Gasteiger partial charge in [-0.2, -0.15) is 26.3 Å². The van der Waals surface area contributed by atoms with Gasteiger partial charge >= 0.3 is 18.5 Å². The smallest absolute Gasteiger partial charge is 0.395 e. The van der Waals surface area contributed by atoms with Crippen molar-refractivity contribution in [2.75, 3.05) is 0 Å². The largest absolute Gasteiger partial charge is 0.519 e. The lowest BCUT2D eigenvalue weighted by Gasteiger charge is -2.12. The summed E-state index contributed by atoms with van der Waals surface area (Å²) in [7, 11) is 0. The molecule has 2 aromatic rings. The summed E-state index contributed by atoms with van der Waals surface area (Å²) in [5.74, 6) is -1.08. The molecule has 2 aromatic carbocycles. The van der Waals surface area contributed by atoms with Gasteiger partial charge in [0.2, 0.25) is 0 Å². The molecule has 0 saturated heterocycles. The Bertz CT molecular complexity index is 719. The minimum absolute atomic E-state index is 0.308. The number of hydrogen-bond donors (Lipinski definition) is 0. The van der Waals surface area contributed by atoms with Crippen LogP contribution >= 0.6 is 0 Å². The normalized spacial score (nSPS) is 11.9. The Hall–Kier alpha value is -2.71. The number of para-hydroxylation sites is 1. The summed E-state index contributed by atoms with van der Waals surface area (Å²) in [5.41, 5.74) is -2.15. The fourth-order valence-electron chi connectivity index (χ4n) is 1.71. The molecule has 0 N–H and O–H groups in total. The van der Waals surface area contributed by atoms with Crippen LogP contribution in [0.1, 0.15) is 11.1 Å². The Labute approximate surface area is 131 Å². The third kappa shape index (κ3) is 4.40. The van der Waals surface area contributed by atoms with Crippen LogP contribution in [-0.4, -0.2) is 6.16 Å². The van der Waals surface area contributed by atoms with Gasteiger partial charge in [0.15, 0.2) is 0 Å².